The largest absolute Gasteiger partial charge is 0.326 e. The molecule has 0 radical (unpaired) electrons. The van der Waals surface area contributed by atoms with Gasteiger partial charge in [-0.25, -0.2) is 4.98 Å². The minimum absolute atomic E-state index is 0.0433. The third-order valence-corrected chi connectivity index (χ3v) is 7.29. The minimum atomic E-state index is 0.0433. The minimum Gasteiger partial charge on any atom is -0.326 e. The summed E-state index contributed by atoms with van der Waals surface area (Å²) in [4.78, 5) is 20.2. The summed E-state index contributed by atoms with van der Waals surface area (Å²) in [6, 6.07) is 22.7. The normalized spacial score (nSPS) is 15.0. The van der Waals surface area contributed by atoms with Crippen LogP contribution in [-0.4, -0.2) is 33.4 Å². The number of nitrogens with one attached hydrogen (secondary N) is 1. The maximum Gasteiger partial charge on any atom is 0.227 e. The number of rotatable bonds is 5. The third-order valence-electron chi connectivity index (χ3n) is 6.79. The van der Waals surface area contributed by atoms with Crippen LogP contribution in [0.25, 0.3) is 16.7 Å². The molecule has 1 amide bonds. The van der Waals surface area contributed by atoms with Gasteiger partial charge in [0, 0.05) is 21.8 Å². The molecule has 5 rings (SSSR count). The molecule has 1 aromatic heterocycles. The first-order valence-corrected chi connectivity index (χ1v) is 12.6. The van der Waals surface area contributed by atoms with E-state index in [1.165, 1.54) is 11.1 Å². The van der Waals surface area contributed by atoms with Gasteiger partial charge in [0.2, 0.25) is 5.91 Å². The SMILES string of the molecule is Cc1ccc(NC(=O)C2CCN(Cc3nc4ccccc4n3-c3cccc(Br)c3)CC2)cc1C. The number of piperidine rings is 1. The van der Waals surface area contributed by atoms with E-state index in [0.29, 0.717) is 0 Å². The highest BCUT2D eigenvalue weighted by atomic mass is 79.9. The van der Waals surface area contributed by atoms with Crippen LogP contribution < -0.4 is 5.32 Å². The highest BCUT2D eigenvalue weighted by Crippen LogP contribution is 2.27. The third kappa shape index (κ3) is 4.79. The zero-order chi connectivity index (χ0) is 23.7. The van der Waals surface area contributed by atoms with Crippen molar-refractivity contribution in [3.05, 3.63) is 88.2 Å². The maximum absolute atomic E-state index is 12.9. The number of carbonyl (C=O) groups excluding carboxylic acids is 1. The maximum atomic E-state index is 12.9. The molecule has 5 nitrogen and oxygen atoms in total. The summed E-state index contributed by atoms with van der Waals surface area (Å²) in [5.74, 6) is 1.20. The van der Waals surface area contributed by atoms with Gasteiger partial charge in [0.25, 0.3) is 0 Å². The van der Waals surface area contributed by atoms with Crippen LogP contribution >= 0.6 is 15.9 Å². The number of aromatic nitrogens is 2. The van der Waals surface area contributed by atoms with Crippen LogP contribution in [0.2, 0.25) is 0 Å². The van der Waals surface area contributed by atoms with Crippen molar-refractivity contribution in [3.8, 4) is 5.69 Å². The van der Waals surface area contributed by atoms with E-state index in [1.807, 2.05) is 18.2 Å². The Balaban J connectivity index is 1.28. The number of imidazole rings is 1. The Morgan fingerprint density at radius 1 is 1.00 bits per heavy atom. The van der Waals surface area contributed by atoms with Crippen LogP contribution in [-0.2, 0) is 11.3 Å². The number of aryl methyl sites for hydroxylation is 2. The number of likely N-dealkylation sites (tertiary alicyclic amines) is 1. The molecule has 1 aliphatic heterocycles. The first kappa shape index (κ1) is 22.8. The first-order valence-electron chi connectivity index (χ1n) is 11.8. The lowest BCUT2D eigenvalue weighted by atomic mass is 9.95. The molecule has 2 heterocycles. The lowest BCUT2D eigenvalue weighted by molar-refractivity contribution is -0.121. The first-order chi connectivity index (χ1) is 16.5. The van der Waals surface area contributed by atoms with Crippen molar-refractivity contribution in [1.29, 1.82) is 0 Å². The van der Waals surface area contributed by atoms with Gasteiger partial charge in [-0.1, -0.05) is 40.2 Å². The van der Waals surface area contributed by atoms with Gasteiger partial charge in [0.05, 0.1) is 17.6 Å². The molecule has 0 saturated carbocycles. The Morgan fingerprint density at radius 2 is 1.79 bits per heavy atom. The second kappa shape index (κ2) is 9.72. The van der Waals surface area contributed by atoms with Crippen LogP contribution in [0.1, 0.15) is 29.8 Å². The Bertz CT molecular complexity index is 1340. The van der Waals surface area contributed by atoms with Crippen LogP contribution in [0.15, 0.2) is 71.2 Å². The van der Waals surface area contributed by atoms with E-state index in [2.05, 4.69) is 93.1 Å². The highest BCUT2D eigenvalue weighted by molar-refractivity contribution is 9.10. The Labute approximate surface area is 208 Å². The number of benzene rings is 3. The molecule has 174 valence electrons. The monoisotopic (exact) mass is 516 g/mol. The summed E-state index contributed by atoms with van der Waals surface area (Å²) in [7, 11) is 0. The molecule has 1 fully saturated rings. The van der Waals surface area contributed by atoms with Gasteiger partial charge in [-0.2, -0.15) is 0 Å². The molecular weight excluding hydrogens is 488 g/mol. The van der Waals surface area contributed by atoms with Crippen LogP contribution in [0, 0.1) is 19.8 Å². The van der Waals surface area contributed by atoms with Crippen LogP contribution in [0.4, 0.5) is 5.69 Å². The number of nitrogens with zero attached hydrogens (tertiary/aromatic N) is 3. The molecule has 3 aromatic carbocycles. The van der Waals surface area contributed by atoms with Gasteiger partial charge in [0.1, 0.15) is 5.82 Å². The van der Waals surface area contributed by atoms with Crippen molar-refractivity contribution in [3.63, 3.8) is 0 Å². The summed E-state index contributed by atoms with van der Waals surface area (Å²) in [5, 5.41) is 3.12. The summed E-state index contributed by atoms with van der Waals surface area (Å²) >= 11 is 3.60. The fourth-order valence-electron chi connectivity index (χ4n) is 4.70. The second-order valence-corrected chi connectivity index (χ2v) is 10.1. The van der Waals surface area contributed by atoms with E-state index in [1.54, 1.807) is 0 Å². The van der Waals surface area contributed by atoms with Gasteiger partial charge >= 0.3 is 0 Å². The number of fused-ring (bicyclic) bond motifs is 1. The number of para-hydroxylation sites is 2. The Hall–Kier alpha value is -2.96. The van der Waals surface area contributed by atoms with E-state index in [9.17, 15) is 4.79 Å². The average molecular weight is 517 g/mol. The summed E-state index contributed by atoms with van der Waals surface area (Å²) < 4.78 is 3.29. The van der Waals surface area contributed by atoms with Gasteiger partial charge in [-0.15, -0.1) is 0 Å². The van der Waals surface area contributed by atoms with Crippen LogP contribution in [0.3, 0.4) is 0 Å². The molecule has 6 heteroatoms. The molecular formula is C28H29BrN4O. The predicted molar refractivity (Wildman–Crippen MR) is 141 cm³/mol. The van der Waals surface area contributed by atoms with E-state index >= 15 is 0 Å². The molecule has 1 saturated heterocycles. The number of hydrogen-bond donors (Lipinski definition) is 1. The molecule has 0 bridgehead atoms. The van der Waals surface area contributed by atoms with Crippen molar-refractivity contribution >= 4 is 38.6 Å². The lowest BCUT2D eigenvalue weighted by Gasteiger charge is -2.31. The van der Waals surface area contributed by atoms with Crippen molar-refractivity contribution in [1.82, 2.24) is 14.5 Å². The van der Waals surface area contributed by atoms with Gasteiger partial charge in [-0.05, 0) is 93.4 Å². The van der Waals surface area contributed by atoms with E-state index < -0.39 is 0 Å². The standard InChI is InChI=1S/C28H29BrN4O/c1-19-10-11-23(16-20(19)2)30-28(34)21-12-14-32(15-13-21)18-27-31-25-8-3-4-9-26(25)33(27)24-7-5-6-22(29)17-24/h3-11,16-17,21H,12-15,18H2,1-2H3,(H,30,34). The van der Waals surface area contributed by atoms with Gasteiger partial charge < -0.3 is 5.32 Å². The van der Waals surface area contributed by atoms with Gasteiger partial charge in [0.15, 0.2) is 0 Å². The molecule has 0 spiro atoms. The van der Waals surface area contributed by atoms with Gasteiger partial charge in [-0.3, -0.25) is 14.3 Å². The second-order valence-electron chi connectivity index (χ2n) is 9.17. The van der Waals surface area contributed by atoms with E-state index in [0.717, 1.165) is 65.2 Å². The Kier molecular flexibility index (Phi) is 6.53. The van der Waals surface area contributed by atoms with Crippen molar-refractivity contribution < 1.29 is 4.79 Å². The number of halogens is 1. The molecule has 0 aliphatic carbocycles. The fraction of sp³-hybridized carbons (Fsp3) is 0.286. The number of amides is 1. The van der Waals surface area contributed by atoms with E-state index in [4.69, 9.17) is 4.98 Å². The smallest absolute Gasteiger partial charge is 0.227 e. The molecule has 0 unspecified atom stereocenters. The zero-order valence-corrected chi connectivity index (χ0v) is 21.2. The fourth-order valence-corrected chi connectivity index (χ4v) is 5.09. The number of carbonyl (C=O) groups is 1. The van der Waals surface area contributed by atoms with E-state index in [-0.39, 0.29) is 11.8 Å². The summed E-state index contributed by atoms with van der Waals surface area (Å²) in [5.41, 5.74) is 6.53. The quantitative estimate of drug-likeness (QED) is 0.340. The van der Waals surface area contributed by atoms with Crippen LogP contribution in [0.5, 0.6) is 0 Å². The molecule has 1 N–H and O–H groups in total. The molecule has 1 aliphatic rings. The van der Waals surface area contributed by atoms with Crippen molar-refractivity contribution in [2.75, 3.05) is 18.4 Å². The number of anilines is 1. The van der Waals surface area contributed by atoms with Crippen molar-refractivity contribution in [2.24, 2.45) is 5.92 Å². The topological polar surface area (TPSA) is 50.2 Å². The molecule has 4 aromatic rings. The Morgan fingerprint density at radius 3 is 2.56 bits per heavy atom. The van der Waals surface area contributed by atoms with Crippen molar-refractivity contribution in [2.45, 2.75) is 33.2 Å². The summed E-state index contributed by atoms with van der Waals surface area (Å²) in [6.07, 6.45) is 1.71. The predicted octanol–water partition coefficient (Wildman–Crippen LogP) is 6.26. The molecule has 0 atom stereocenters. The lowest BCUT2D eigenvalue weighted by Crippen LogP contribution is -2.38. The zero-order valence-electron chi connectivity index (χ0n) is 19.6. The summed E-state index contributed by atoms with van der Waals surface area (Å²) in [6.45, 7) is 6.68. The molecule has 34 heavy (non-hydrogen) atoms. The average Bonchev–Trinajstić information content (AvgIpc) is 3.19. The number of hydrogen-bond acceptors (Lipinski definition) is 3. The highest BCUT2D eigenvalue weighted by Gasteiger charge is 2.26.